The monoisotopic (exact) mass is 259 g/mol. The summed E-state index contributed by atoms with van der Waals surface area (Å²) < 4.78 is 0. The molecule has 1 saturated heterocycles. The van der Waals surface area contributed by atoms with E-state index in [4.69, 9.17) is 0 Å². The first kappa shape index (κ1) is 12.7. The molecular formula is C16H21NO2. The van der Waals surface area contributed by atoms with Crippen LogP contribution in [-0.4, -0.2) is 28.9 Å². The number of carbonyl (C=O) groups is 1. The van der Waals surface area contributed by atoms with Crippen LogP contribution in [0.15, 0.2) is 18.2 Å². The first-order valence-electron chi connectivity index (χ1n) is 7.18. The molecule has 2 fully saturated rings. The fourth-order valence-electron chi connectivity index (χ4n) is 3.63. The van der Waals surface area contributed by atoms with Gasteiger partial charge in [-0.3, -0.25) is 9.69 Å². The number of benzene rings is 1. The second-order valence-corrected chi connectivity index (χ2v) is 6.04. The van der Waals surface area contributed by atoms with Gasteiger partial charge in [-0.25, -0.2) is 0 Å². The summed E-state index contributed by atoms with van der Waals surface area (Å²) in [5.74, 6) is 2.08. The lowest BCUT2D eigenvalue weighted by molar-refractivity contribution is 0.101. The molecule has 3 heteroatoms. The maximum atomic E-state index is 11.4. The summed E-state index contributed by atoms with van der Waals surface area (Å²) in [7, 11) is 0. The van der Waals surface area contributed by atoms with Crippen molar-refractivity contribution in [3.63, 3.8) is 0 Å². The van der Waals surface area contributed by atoms with Crippen molar-refractivity contribution < 1.29 is 9.90 Å². The number of rotatable bonds is 3. The van der Waals surface area contributed by atoms with E-state index in [-0.39, 0.29) is 5.78 Å². The standard InChI is InChI=1S/C16H21NO2/c1-11(18)12-5-6-16(19)15(7-12)10-17-8-13-3-2-4-14(13)9-17/h5-7,13-14,19H,2-4,8-10H2,1H3. The normalized spacial score (nSPS) is 26.6. The van der Waals surface area contributed by atoms with Gasteiger partial charge < -0.3 is 5.11 Å². The summed E-state index contributed by atoms with van der Waals surface area (Å²) in [6, 6.07) is 5.18. The van der Waals surface area contributed by atoms with Crippen LogP contribution in [0.4, 0.5) is 0 Å². The molecule has 2 atom stereocenters. The van der Waals surface area contributed by atoms with E-state index in [1.807, 2.05) is 6.07 Å². The third kappa shape index (κ3) is 2.52. The Morgan fingerprint density at radius 3 is 2.63 bits per heavy atom. The lowest BCUT2D eigenvalue weighted by Gasteiger charge is -2.18. The van der Waals surface area contributed by atoms with Gasteiger partial charge in [-0.2, -0.15) is 0 Å². The molecule has 0 radical (unpaired) electrons. The van der Waals surface area contributed by atoms with E-state index in [0.29, 0.717) is 11.3 Å². The third-order valence-corrected chi connectivity index (χ3v) is 4.68. The topological polar surface area (TPSA) is 40.5 Å². The lowest BCUT2D eigenvalue weighted by Crippen LogP contribution is -2.21. The number of ketones is 1. The number of hydrogen-bond donors (Lipinski definition) is 1. The molecular weight excluding hydrogens is 238 g/mol. The minimum Gasteiger partial charge on any atom is -0.508 e. The number of nitrogens with zero attached hydrogens (tertiary/aromatic N) is 1. The summed E-state index contributed by atoms with van der Waals surface area (Å²) in [6.07, 6.45) is 4.11. The van der Waals surface area contributed by atoms with Gasteiger partial charge in [0, 0.05) is 30.8 Å². The van der Waals surface area contributed by atoms with E-state index in [1.165, 1.54) is 19.3 Å². The number of likely N-dealkylation sites (tertiary alicyclic amines) is 1. The molecule has 1 aromatic rings. The van der Waals surface area contributed by atoms with Crippen LogP contribution >= 0.6 is 0 Å². The van der Waals surface area contributed by atoms with Gasteiger partial charge in [-0.05, 0) is 49.8 Å². The first-order valence-corrected chi connectivity index (χ1v) is 7.18. The molecule has 1 saturated carbocycles. The molecule has 0 amide bonds. The van der Waals surface area contributed by atoms with Gasteiger partial charge in [0.05, 0.1) is 0 Å². The van der Waals surface area contributed by atoms with Gasteiger partial charge in [0.2, 0.25) is 0 Å². The zero-order chi connectivity index (χ0) is 13.4. The van der Waals surface area contributed by atoms with Gasteiger partial charge in [0.25, 0.3) is 0 Å². The number of aromatic hydroxyl groups is 1. The highest BCUT2D eigenvalue weighted by atomic mass is 16.3. The van der Waals surface area contributed by atoms with Crippen LogP contribution in [0.25, 0.3) is 0 Å². The van der Waals surface area contributed by atoms with Crippen molar-refractivity contribution in [2.45, 2.75) is 32.7 Å². The van der Waals surface area contributed by atoms with Crippen molar-refractivity contribution in [1.29, 1.82) is 0 Å². The molecule has 2 unspecified atom stereocenters. The van der Waals surface area contributed by atoms with Gasteiger partial charge in [-0.1, -0.05) is 6.42 Å². The van der Waals surface area contributed by atoms with E-state index in [0.717, 1.165) is 37.0 Å². The molecule has 19 heavy (non-hydrogen) atoms. The SMILES string of the molecule is CC(=O)c1ccc(O)c(CN2CC3CCCC3C2)c1. The fourth-order valence-corrected chi connectivity index (χ4v) is 3.63. The van der Waals surface area contributed by atoms with E-state index in [9.17, 15) is 9.90 Å². The Morgan fingerprint density at radius 2 is 2.00 bits per heavy atom. The summed E-state index contributed by atoms with van der Waals surface area (Å²) in [6.45, 7) is 4.62. The average molecular weight is 259 g/mol. The molecule has 3 nitrogen and oxygen atoms in total. The number of Topliss-reactive ketones (excluding diaryl/α,β-unsaturated/α-hetero) is 1. The minimum atomic E-state index is 0.0551. The fraction of sp³-hybridized carbons (Fsp3) is 0.562. The Morgan fingerprint density at radius 1 is 1.32 bits per heavy atom. The molecule has 0 spiro atoms. The largest absolute Gasteiger partial charge is 0.508 e. The molecule has 0 aromatic heterocycles. The van der Waals surface area contributed by atoms with Crippen molar-refractivity contribution in [2.75, 3.05) is 13.1 Å². The average Bonchev–Trinajstić information content (AvgIpc) is 2.92. The second-order valence-electron chi connectivity index (χ2n) is 6.04. The van der Waals surface area contributed by atoms with Crippen LogP contribution in [0, 0.1) is 11.8 Å². The molecule has 102 valence electrons. The van der Waals surface area contributed by atoms with Crippen molar-refractivity contribution in [2.24, 2.45) is 11.8 Å². The van der Waals surface area contributed by atoms with Crippen LogP contribution < -0.4 is 0 Å². The summed E-state index contributed by atoms with van der Waals surface area (Å²) in [4.78, 5) is 13.8. The van der Waals surface area contributed by atoms with E-state index in [1.54, 1.807) is 19.1 Å². The molecule has 1 aliphatic heterocycles. The van der Waals surface area contributed by atoms with Crippen LogP contribution in [0.3, 0.4) is 0 Å². The van der Waals surface area contributed by atoms with Gasteiger partial charge in [0.1, 0.15) is 5.75 Å². The quantitative estimate of drug-likeness (QED) is 0.849. The maximum Gasteiger partial charge on any atom is 0.159 e. The summed E-state index contributed by atoms with van der Waals surface area (Å²) in [5.41, 5.74) is 1.57. The highest BCUT2D eigenvalue weighted by molar-refractivity contribution is 5.94. The van der Waals surface area contributed by atoms with Gasteiger partial charge in [-0.15, -0.1) is 0 Å². The molecule has 1 aliphatic carbocycles. The highest BCUT2D eigenvalue weighted by Crippen LogP contribution is 2.38. The van der Waals surface area contributed by atoms with E-state index in [2.05, 4.69) is 4.90 Å². The van der Waals surface area contributed by atoms with Crippen LogP contribution in [0.1, 0.15) is 42.1 Å². The molecule has 1 heterocycles. The molecule has 1 aromatic carbocycles. The zero-order valence-electron chi connectivity index (χ0n) is 11.4. The molecule has 0 bridgehead atoms. The van der Waals surface area contributed by atoms with Gasteiger partial charge >= 0.3 is 0 Å². The Balaban J connectivity index is 1.73. The van der Waals surface area contributed by atoms with Gasteiger partial charge in [0.15, 0.2) is 5.78 Å². The molecule has 3 rings (SSSR count). The van der Waals surface area contributed by atoms with Crippen molar-refractivity contribution >= 4 is 5.78 Å². The zero-order valence-corrected chi connectivity index (χ0v) is 11.4. The maximum absolute atomic E-state index is 11.4. The Kier molecular flexibility index (Phi) is 3.31. The summed E-state index contributed by atoms with van der Waals surface area (Å²) >= 11 is 0. The lowest BCUT2D eigenvalue weighted by atomic mass is 10.0. The Labute approximate surface area is 114 Å². The number of phenolic OH excluding ortho intramolecular Hbond substituents is 1. The second kappa shape index (κ2) is 4.97. The predicted octanol–water partition coefficient (Wildman–Crippen LogP) is 2.83. The smallest absolute Gasteiger partial charge is 0.159 e. The van der Waals surface area contributed by atoms with Crippen LogP contribution in [0.2, 0.25) is 0 Å². The number of hydrogen-bond acceptors (Lipinski definition) is 3. The molecule has 1 N–H and O–H groups in total. The third-order valence-electron chi connectivity index (χ3n) is 4.68. The van der Waals surface area contributed by atoms with Crippen molar-refractivity contribution in [3.05, 3.63) is 29.3 Å². The Bertz CT molecular complexity index is 486. The predicted molar refractivity (Wildman–Crippen MR) is 74.2 cm³/mol. The van der Waals surface area contributed by atoms with Crippen LogP contribution in [0.5, 0.6) is 5.75 Å². The van der Waals surface area contributed by atoms with E-state index >= 15 is 0 Å². The number of phenols is 1. The highest BCUT2D eigenvalue weighted by Gasteiger charge is 2.35. The van der Waals surface area contributed by atoms with Crippen molar-refractivity contribution in [1.82, 2.24) is 4.90 Å². The number of carbonyl (C=O) groups excluding carboxylic acids is 1. The summed E-state index contributed by atoms with van der Waals surface area (Å²) in [5, 5.41) is 9.94. The minimum absolute atomic E-state index is 0.0551. The van der Waals surface area contributed by atoms with Crippen molar-refractivity contribution in [3.8, 4) is 5.75 Å². The first-order chi connectivity index (χ1) is 9.13. The van der Waals surface area contributed by atoms with E-state index < -0.39 is 0 Å². The number of fused-ring (bicyclic) bond motifs is 1. The Hall–Kier alpha value is -1.35. The van der Waals surface area contributed by atoms with Crippen LogP contribution in [-0.2, 0) is 6.54 Å². The molecule has 2 aliphatic rings.